The lowest BCUT2D eigenvalue weighted by atomic mass is 10.1. The van der Waals surface area contributed by atoms with Gasteiger partial charge in [-0.15, -0.1) is 0 Å². The van der Waals surface area contributed by atoms with E-state index >= 15 is 0 Å². The maximum atomic E-state index is 11.3. The average Bonchev–Trinajstić information content (AvgIpc) is 3.34. The molecule has 33 heavy (non-hydrogen) atoms. The fourth-order valence-corrected chi connectivity index (χ4v) is 4.05. The second-order valence-corrected chi connectivity index (χ2v) is 9.85. The maximum absolute atomic E-state index is 11.3. The van der Waals surface area contributed by atoms with Crippen LogP contribution in [-0.4, -0.2) is 65.3 Å². The molecular weight excluding hydrogens is 444 g/mol. The molecule has 2 rings (SSSR count). The highest BCUT2D eigenvalue weighted by atomic mass is 32.3. The third kappa shape index (κ3) is 21.1. The molecule has 0 saturated carbocycles. The maximum Gasteiger partial charge on any atom is 0.394 e. The number of likely N-dealkylation sites (tertiary alicyclic amines) is 2. The third-order valence-electron chi connectivity index (χ3n) is 5.91. The predicted molar refractivity (Wildman–Crippen MR) is 133 cm³/mol. The van der Waals surface area contributed by atoms with E-state index in [9.17, 15) is 9.59 Å². The molecule has 2 N–H and O–H groups in total. The molecule has 8 nitrogen and oxygen atoms in total. The van der Waals surface area contributed by atoms with Crippen LogP contribution in [0.2, 0.25) is 0 Å². The molecule has 0 aromatic heterocycles. The van der Waals surface area contributed by atoms with Crippen molar-refractivity contribution in [3.05, 3.63) is 0 Å². The molecule has 2 aliphatic rings. The van der Waals surface area contributed by atoms with Gasteiger partial charge in [0.1, 0.15) is 0 Å². The van der Waals surface area contributed by atoms with E-state index in [1.165, 1.54) is 77.0 Å². The lowest BCUT2D eigenvalue weighted by Gasteiger charge is -2.14. The van der Waals surface area contributed by atoms with E-state index in [-0.39, 0.29) is 0 Å². The summed E-state index contributed by atoms with van der Waals surface area (Å²) < 4.78 is 31.6. The monoisotopic (exact) mass is 492 g/mol. The van der Waals surface area contributed by atoms with Crippen molar-refractivity contribution in [3.63, 3.8) is 0 Å². The third-order valence-corrected chi connectivity index (χ3v) is 5.91. The van der Waals surface area contributed by atoms with E-state index in [0.717, 1.165) is 51.9 Å². The lowest BCUT2D eigenvalue weighted by molar-refractivity contribution is -0.128. The number of hydrogen-bond acceptors (Lipinski definition) is 4. The molecule has 0 atom stereocenters. The highest BCUT2D eigenvalue weighted by molar-refractivity contribution is 7.79. The van der Waals surface area contributed by atoms with Gasteiger partial charge in [0.05, 0.1) is 0 Å². The minimum Gasteiger partial charge on any atom is -0.343 e. The molecule has 2 fully saturated rings. The Morgan fingerprint density at radius 2 is 0.939 bits per heavy atom. The Morgan fingerprint density at radius 3 is 1.21 bits per heavy atom. The number of hydrogen-bond donors (Lipinski definition) is 2. The Labute approximate surface area is 202 Å². The van der Waals surface area contributed by atoms with Gasteiger partial charge in [-0.05, 0) is 25.7 Å². The molecule has 2 aliphatic heterocycles. The number of rotatable bonds is 14. The van der Waals surface area contributed by atoms with Gasteiger partial charge in [0.15, 0.2) is 0 Å². The Morgan fingerprint density at radius 1 is 0.636 bits per heavy atom. The van der Waals surface area contributed by atoms with Crippen molar-refractivity contribution in [1.82, 2.24) is 9.80 Å². The van der Waals surface area contributed by atoms with Gasteiger partial charge in [0.2, 0.25) is 11.8 Å². The first-order chi connectivity index (χ1) is 15.7. The molecule has 2 saturated heterocycles. The van der Waals surface area contributed by atoms with Crippen molar-refractivity contribution in [2.45, 2.75) is 117 Å². The van der Waals surface area contributed by atoms with Crippen molar-refractivity contribution in [1.29, 1.82) is 0 Å². The van der Waals surface area contributed by atoms with E-state index in [2.05, 4.69) is 13.8 Å². The summed E-state index contributed by atoms with van der Waals surface area (Å²) in [6.45, 7) is 8.50. The van der Waals surface area contributed by atoms with Gasteiger partial charge in [0, 0.05) is 39.0 Å². The largest absolute Gasteiger partial charge is 0.394 e. The van der Waals surface area contributed by atoms with Crippen LogP contribution in [0.1, 0.15) is 117 Å². The Balaban J connectivity index is 0.000000517. The molecule has 0 aromatic carbocycles. The Hall–Kier alpha value is -1.19. The number of carbonyl (C=O) groups is 2. The van der Waals surface area contributed by atoms with Gasteiger partial charge in [0.25, 0.3) is 0 Å². The summed E-state index contributed by atoms with van der Waals surface area (Å²) in [5.74, 6) is 0.747. The second kappa shape index (κ2) is 20.2. The van der Waals surface area contributed by atoms with Crippen LogP contribution in [0.3, 0.4) is 0 Å². The molecule has 0 bridgehead atoms. The quantitative estimate of drug-likeness (QED) is 0.252. The zero-order chi connectivity index (χ0) is 25.0. The van der Waals surface area contributed by atoms with E-state index in [1.807, 2.05) is 9.80 Å². The summed E-state index contributed by atoms with van der Waals surface area (Å²) in [6.07, 6.45) is 19.5. The Kier molecular flexibility index (Phi) is 19.5. The smallest absolute Gasteiger partial charge is 0.343 e. The molecule has 0 aliphatic carbocycles. The summed E-state index contributed by atoms with van der Waals surface area (Å²) in [5, 5.41) is 0. The van der Waals surface area contributed by atoms with Gasteiger partial charge < -0.3 is 9.80 Å². The summed E-state index contributed by atoms with van der Waals surface area (Å²) in [4.78, 5) is 26.6. The fourth-order valence-electron chi connectivity index (χ4n) is 4.05. The number of unbranched alkanes of at least 4 members (excludes halogenated alkanes) is 10. The molecule has 2 heterocycles. The topological polar surface area (TPSA) is 115 Å². The van der Waals surface area contributed by atoms with Crippen LogP contribution in [-0.2, 0) is 20.0 Å². The van der Waals surface area contributed by atoms with Crippen molar-refractivity contribution >= 4 is 22.2 Å². The highest BCUT2D eigenvalue weighted by Gasteiger charge is 2.19. The number of nitrogens with zero attached hydrogens (tertiary/aromatic N) is 2. The first kappa shape index (κ1) is 31.8. The standard InChI is InChI=1S/2C12H23NO.H2O4S/c2*1-2-3-4-5-6-7-10-13-11-8-9-12(13)14;1-5(2,3)4/h2*2-11H2,1H3;(H2,1,2,3,4). The van der Waals surface area contributed by atoms with Crippen molar-refractivity contribution < 1.29 is 27.1 Å². The fraction of sp³-hybridized carbons (Fsp3) is 0.917. The van der Waals surface area contributed by atoms with Gasteiger partial charge >= 0.3 is 10.4 Å². The zero-order valence-corrected chi connectivity index (χ0v) is 21.8. The van der Waals surface area contributed by atoms with Gasteiger partial charge in [-0.25, -0.2) is 0 Å². The summed E-state index contributed by atoms with van der Waals surface area (Å²) >= 11 is 0. The molecule has 0 spiro atoms. The molecule has 0 aromatic rings. The van der Waals surface area contributed by atoms with Crippen LogP contribution < -0.4 is 0 Å². The van der Waals surface area contributed by atoms with Crippen LogP contribution in [0.25, 0.3) is 0 Å². The zero-order valence-electron chi connectivity index (χ0n) is 21.0. The first-order valence-electron chi connectivity index (χ1n) is 12.9. The van der Waals surface area contributed by atoms with Crippen LogP contribution >= 0.6 is 0 Å². The SMILES string of the molecule is CCCCCCCCN1CCCC1=O.CCCCCCCCN1CCCC1=O.O=S(=O)(O)O. The van der Waals surface area contributed by atoms with Crippen LogP contribution in [0.15, 0.2) is 0 Å². The van der Waals surface area contributed by atoms with Crippen LogP contribution in [0, 0.1) is 0 Å². The van der Waals surface area contributed by atoms with Gasteiger partial charge in [-0.2, -0.15) is 8.42 Å². The van der Waals surface area contributed by atoms with E-state index in [4.69, 9.17) is 17.5 Å². The van der Waals surface area contributed by atoms with Gasteiger partial charge in [-0.1, -0.05) is 78.1 Å². The van der Waals surface area contributed by atoms with Crippen molar-refractivity contribution in [3.8, 4) is 0 Å². The predicted octanol–water partition coefficient (Wildman–Crippen LogP) is 5.29. The molecule has 2 amide bonds. The first-order valence-corrected chi connectivity index (χ1v) is 14.3. The molecular formula is C24H48N2O6S. The normalized spacial score (nSPS) is 15.9. The Bertz CT molecular complexity index is 566. The molecule has 9 heteroatoms. The van der Waals surface area contributed by atoms with Crippen molar-refractivity contribution in [2.24, 2.45) is 0 Å². The number of amides is 2. The van der Waals surface area contributed by atoms with Gasteiger partial charge in [-0.3, -0.25) is 18.7 Å². The summed E-state index contributed by atoms with van der Waals surface area (Å²) in [5.41, 5.74) is 0. The average molecular weight is 493 g/mol. The van der Waals surface area contributed by atoms with E-state index in [0.29, 0.717) is 11.8 Å². The number of carbonyl (C=O) groups excluding carboxylic acids is 2. The summed E-state index contributed by atoms with van der Waals surface area (Å²) in [6, 6.07) is 0. The highest BCUT2D eigenvalue weighted by Crippen LogP contribution is 2.13. The van der Waals surface area contributed by atoms with E-state index in [1.54, 1.807) is 0 Å². The lowest BCUT2D eigenvalue weighted by Crippen LogP contribution is -2.25. The van der Waals surface area contributed by atoms with Crippen LogP contribution in [0.5, 0.6) is 0 Å². The molecule has 0 radical (unpaired) electrons. The minimum atomic E-state index is -4.67. The molecule has 196 valence electrons. The summed E-state index contributed by atoms with van der Waals surface area (Å²) in [7, 11) is -4.67. The molecule has 0 unspecified atom stereocenters. The van der Waals surface area contributed by atoms with Crippen molar-refractivity contribution in [2.75, 3.05) is 26.2 Å². The second-order valence-electron chi connectivity index (χ2n) is 8.95. The van der Waals surface area contributed by atoms with E-state index < -0.39 is 10.4 Å². The van der Waals surface area contributed by atoms with Crippen LogP contribution in [0.4, 0.5) is 0 Å². The minimum absolute atomic E-state index is 0.374.